The van der Waals surface area contributed by atoms with Gasteiger partial charge in [0, 0.05) is 43.9 Å². The molecule has 2 unspecified atom stereocenters. The lowest BCUT2D eigenvalue weighted by Crippen LogP contribution is -2.53. The van der Waals surface area contributed by atoms with Crippen molar-refractivity contribution in [2.24, 2.45) is 0 Å². The van der Waals surface area contributed by atoms with Crippen molar-refractivity contribution >= 4 is 52.3 Å². The molecule has 0 bridgehead atoms. The van der Waals surface area contributed by atoms with E-state index in [1.165, 1.54) is 11.8 Å². The van der Waals surface area contributed by atoms with E-state index < -0.39 is 6.04 Å². The van der Waals surface area contributed by atoms with Crippen molar-refractivity contribution in [1.29, 1.82) is 0 Å². The van der Waals surface area contributed by atoms with Gasteiger partial charge in [0.25, 0.3) is 5.91 Å². The minimum Gasteiger partial charge on any atom is -0.482 e. The Bertz CT molecular complexity index is 1480. The molecule has 2 heterocycles. The molecule has 42 heavy (non-hydrogen) atoms. The summed E-state index contributed by atoms with van der Waals surface area (Å²) in [6, 6.07) is 17.4. The SMILES string of the molecule is CC(=O)Nc1ccccc1-c1ccc(C(CN2CCOCC2)NC(=O)C(C)N2C(=O)COc3cc(Cl)c(Cl)cc32)cc1. The van der Waals surface area contributed by atoms with Gasteiger partial charge in [-0.05, 0) is 30.2 Å². The van der Waals surface area contributed by atoms with Crippen molar-refractivity contribution in [2.75, 3.05) is 49.7 Å². The molecule has 11 heteroatoms. The molecule has 2 N–H and O–H groups in total. The number of halogens is 2. The third-order valence-electron chi connectivity index (χ3n) is 7.37. The summed E-state index contributed by atoms with van der Waals surface area (Å²) in [6.45, 7) is 6.26. The number of hydrogen-bond acceptors (Lipinski definition) is 6. The van der Waals surface area contributed by atoms with Crippen LogP contribution in [-0.4, -0.2) is 68.1 Å². The van der Waals surface area contributed by atoms with Crippen LogP contribution in [0.25, 0.3) is 11.1 Å². The van der Waals surface area contributed by atoms with Gasteiger partial charge in [-0.3, -0.25) is 24.2 Å². The van der Waals surface area contributed by atoms with Crippen LogP contribution < -0.4 is 20.3 Å². The standard InChI is InChI=1S/C31H32Cl2N4O5/c1-19(37-28-15-24(32)25(33)16-29(28)42-18-30(37)39)31(40)35-27(17-36-11-13-41-14-12-36)22-9-7-21(8-10-22)23-5-3-4-6-26(23)34-20(2)38/h3-10,15-16,19,27H,11-14,17-18H2,1-2H3,(H,34,38)(H,35,40). The third kappa shape index (κ3) is 6.71. The number of ether oxygens (including phenoxy) is 2. The maximum atomic E-state index is 13.7. The van der Waals surface area contributed by atoms with E-state index in [2.05, 4.69) is 15.5 Å². The van der Waals surface area contributed by atoms with Gasteiger partial charge < -0.3 is 20.1 Å². The Morgan fingerprint density at radius 2 is 1.69 bits per heavy atom. The van der Waals surface area contributed by atoms with Crippen LogP contribution in [0.4, 0.5) is 11.4 Å². The molecule has 0 spiro atoms. The Hall–Kier alpha value is -3.63. The van der Waals surface area contributed by atoms with Crippen LogP contribution in [-0.2, 0) is 19.1 Å². The molecule has 220 valence electrons. The molecule has 2 aliphatic rings. The maximum Gasteiger partial charge on any atom is 0.265 e. The van der Waals surface area contributed by atoms with E-state index in [4.69, 9.17) is 32.7 Å². The van der Waals surface area contributed by atoms with E-state index in [-0.39, 0.29) is 35.4 Å². The fraction of sp³-hybridized carbons (Fsp3) is 0.323. The molecule has 5 rings (SSSR count). The van der Waals surface area contributed by atoms with E-state index in [0.717, 1.165) is 35.5 Å². The summed E-state index contributed by atoms with van der Waals surface area (Å²) in [5.41, 5.74) is 3.85. The van der Waals surface area contributed by atoms with Crippen LogP contribution in [0.3, 0.4) is 0 Å². The number of morpholine rings is 1. The summed E-state index contributed by atoms with van der Waals surface area (Å²) >= 11 is 12.4. The van der Waals surface area contributed by atoms with Crippen molar-refractivity contribution in [3.8, 4) is 16.9 Å². The van der Waals surface area contributed by atoms with Crippen LogP contribution in [0.1, 0.15) is 25.5 Å². The first-order chi connectivity index (χ1) is 20.2. The summed E-state index contributed by atoms with van der Waals surface area (Å²) in [4.78, 5) is 42.0. The lowest BCUT2D eigenvalue weighted by molar-refractivity contribution is -0.128. The van der Waals surface area contributed by atoms with Crippen LogP contribution in [0.15, 0.2) is 60.7 Å². The second kappa shape index (κ2) is 13.1. The topological polar surface area (TPSA) is 100 Å². The Balaban J connectivity index is 1.40. The molecule has 1 fully saturated rings. The number of para-hydroxylation sites is 1. The predicted octanol–water partition coefficient (Wildman–Crippen LogP) is 4.92. The van der Waals surface area contributed by atoms with Crippen molar-refractivity contribution in [3.63, 3.8) is 0 Å². The molecule has 3 aromatic carbocycles. The average molecular weight is 612 g/mol. The fourth-order valence-corrected chi connectivity index (χ4v) is 5.52. The Morgan fingerprint density at radius 3 is 2.40 bits per heavy atom. The molecule has 1 saturated heterocycles. The average Bonchev–Trinajstić information content (AvgIpc) is 2.98. The number of carbonyl (C=O) groups excluding carboxylic acids is 3. The number of nitrogens with one attached hydrogen (secondary N) is 2. The molecule has 9 nitrogen and oxygen atoms in total. The predicted molar refractivity (Wildman–Crippen MR) is 163 cm³/mol. The van der Waals surface area contributed by atoms with Crippen molar-refractivity contribution in [2.45, 2.75) is 25.9 Å². The van der Waals surface area contributed by atoms with Gasteiger partial charge in [-0.15, -0.1) is 0 Å². The van der Waals surface area contributed by atoms with Crippen LogP contribution in [0.2, 0.25) is 10.0 Å². The van der Waals surface area contributed by atoms with Gasteiger partial charge in [-0.1, -0.05) is 65.7 Å². The van der Waals surface area contributed by atoms with Gasteiger partial charge in [0.1, 0.15) is 11.8 Å². The Labute approximate surface area is 254 Å². The van der Waals surface area contributed by atoms with E-state index >= 15 is 0 Å². The molecule has 3 aromatic rings. The summed E-state index contributed by atoms with van der Waals surface area (Å²) in [5, 5.41) is 6.62. The fourth-order valence-electron chi connectivity index (χ4n) is 5.20. The number of amides is 3. The van der Waals surface area contributed by atoms with Crippen LogP contribution >= 0.6 is 23.2 Å². The van der Waals surface area contributed by atoms with Gasteiger partial charge in [0.05, 0.1) is 35.0 Å². The summed E-state index contributed by atoms with van der Waals surface area (Å²) in [5.74, 6) is -0.423. The van der Waals surface area contributed by atoms with Crippen molar-refractivity contribution in [3.05, 3.63) is 76.3 Å². The number of fused-ring (bicyclic) bond motifs is 1. The highest BCUT2D eigenvalue weighted by Crippen LogP contribution is 2.40. The smallest absolute Gasteiger partial charge is 0.265 e. The van der Waals surface area contributed by atoms with Gasteiger partial charge >= 0.3 is 0 Å². The number of carbonyl (C=O) groups is 3. The van der Waals surface area contributed by atoms with Gasteiger partial charge in [-0.25, -0.2) is 0 Å². The number of rotatable bonds is 8. The summed E-state index contributed by atoms with van der Waals surface area (Å²) in [7, 11) is 0. The normalized spacial score (nSPS) is 16.7. The van der Waals surface area contributed by atoms with Gasteiger partial charge in [0.2, 0.25) is 11.8 Å². The zero-order valence-corrected chi connectivity index (χ0v) is 24.9. The molecule has 2 aliphatic heterocycles. The van der Waals surface area contributed by atoms with Gasteiger partial charge in [-0.2, -0.15) is 0 Å². The second-order valence-corrected chi connectivity index (χ2v) is 11.1. The van der Waals surface area contributed by atoms with Gasteiger partial charge in [0.15, 0.2) is 6.61 Å². The quantitative estimate of drug-likeness (QED) is 0.375. The van der Waals surface area contributed by atoms with Crippen molar-refractivity contribution < 1.29 is 23.9 Å². The third-order valence-corrected chi connectivity index (χ3v) is 8.09. The van der Waals surface area contributed by atoms with E-state index in [0.29, 0.717) is 36.2 Å². The molecule has 0 aromatic heterocycles. The molecule has 0 aliphatic carbocycles. The summed E-state index contributed by atoms with van der Waals surface area (Å²) in [6.07, 6.45) is 0. The van der Waals surface area contributed by atoms with E-state index in [9.17, 15) is 14.4 Å². The first-order valence-corrected chi connectivity index (χ1v) is 14.5. The lowest BCUT2D eigenvalue weighted by Gasteiger charge is -2.35. The molecule has 2 atom stereocenters. The van der Waals surface area contributed by atoms with Crippen LogP contribution in [0.5, 0.6) is 5.75 Å². The highest BCUT2D eigenvalue weighted by atomic mass is 35.5. The molecular formula is C31H32Cl2N4O5. The Morgan fingerprint density at radius 1 is 1.00 bits per heavy atom. The highest BCUT2D eigenvalue weighted by molar-refractivity contribution is 6.42. The number of nitrogens with zero attached hydrogens (tertiary/aromatic N) is 2. The van der Waals surface area contributed by atoms with E-state index in [1.807, 2.05) is 48.5 Å². The zero-order valence-electron chi connectivity index (χ0n) is 23.4. The van der Waals surface area contributed by atoms with E-state index in [1.54, 1.807) is 19.1 Å². The first kappa shape index (κ1) is 29.8. The molecular weight excluding hydrogens is 579 g/mol. The first-order valence-electron chi connectivity index (χ1n) is 13.7. The zero-order chi connectivity index (χ0) is 29.8. The second-order valence-electron chi connectivity index (χ2n) is 10.3. The number of anilines is 2. The monoisotopic (exact) mass is 610 g/mol. The molecule has 0 saturated carbocycles. The van der Waals surface area contributed by atoms with Crippen LogP contribution in [0, 0.1) is 0 Å². The highest BCUT2D eigenvalue weighted by Gasteiger charge is 2.35. The molecule has 0 radical (unpaired) electrons. The lowest BCUT2D eigenvalue weighted by atomic mass is 9.98. The molecule has 3 amide bonds. The summed E-state index contributed by atoms with van der Waals surface area (Å²) < 4.78 is 11.1. The van der Waals surface area contributed by atoms with Crippen molar-refractivity contribution in [1.82, 2.24) is 10.2 Å². The largest absolute Gasteiger partial charge is 0.482 e. The maximum absolute atomic E-state index is 13.7. The number of hydrogen-bond donors (Lipinski definition) is 2. The number of benzene rings is 3. The Kier molecular flexibility index (Phi) is 9.33. The minimum absolute atomic E-state index is 0.145. The minimum atomic E-state index is -0.839.